The minimum absolute atomic E-state index is 0.0284. The number of carbonyl (C=O) groups is 2. The summed E-state index contributed by atoms with van der Waals surface area (Å²) in [7, 11) is 0. The van der Waals surface area contributed by atoms with Gasteiger partial charge in [0, 0.05) is 5.02 Å². The molecule has 2 unspecified atom stereocenters. The molecule has 0 spiro atoms. The number of hydrogen-bond acceptors (Lipinski definition) is 5. The van der Waals surface area contributed by atoms with Crippen LogP contribution in [-0.4, -0.2) is 24.0 Å². The van der Waals surface area contributed by atoms with Crippen LogP contribution in [-0.2, 0) is 16.1 Å². The lowest BCUT2D eigenvalue weighted by molar-refractivity contribution is -0.126. The van der Waals surface area contributed by atoms with Gasteiger partial charge in [0.1, 0.15) is 18.5 Å². The molecule has 7 heteroatoms. The van der Waals surface area contributed by atoms with Crippen molar-refractivity contribution in [3.8, 4) is 5.75 Å². The zero-order valence-corrected chi connectivity index (χ0v) is 17.7. The largest absolute Gasteiger partial charge is 0.496 e. The van der Waals surface area contributed by atoms with Crippen molar-refractivity contribution in [2.24, 2.45) is 11.0 Å². The molecule has 0 aromatic heterocycles. The first-order valence-corrected chi connectivity index (χ1v) is 10.7. The number of para-hydroxylation sites is 1. The van der Waals surface area contributed by atoms with Gasteiger partial charge >= 0.3 is 0 Å². The number of nitrogens with one attached hydrogen (secondary N) is 1. The van der Waals surface area contributed by atoms with E-state index in [-0.39, 0.29) is 17.8 Å². The summed E-state index contributed by atoms with van der Waals surface area (Å²) in [5.41, 5.74) is 4.12. The Hall–Kier alpha value is -3.12. The van der Waals surface area contributed by atoms with E-state index in [2.05, 4.69) is 10.5 Å². The normalized spacial score (nSPS) is 20.5. The zero-order valence-electron chi connectivity index (χ0n) is 16.9. The van der Waals surface area contributed by atoms with Crippen molar-refractivity contribution in [1.82, 2.24) is 5.43 Å². The van der Waals surface area contributed by atoms with Crippen LogP contribution in [0.1, 0.15) is 41.6 Å². The minimum atomic E-state index is -0.428. The van der Waals surface area contributed by atoms with Crippen molar-refractivity contribution >= 4 is 29.5 Å². The van der Waals surface area contributed by atoms with Crippen LogP contribution in [0.3, 0.4) is 0 Å². The predicted molar refractivity (Wildman–Crippen MR) is 118 cm³/mol. The Morgan fingerprint density at radius 1 is 1.16 bits per heavy atom. The van der Waals surface area contributed by atoms with Gasteiger partial charge in [-0.25, -0.2) is 5.43 Å². The monoisotopic (exact) mass is 438 g/mol. The molecular formula is C24H23ClN2O4. The van der Waals surface area contributed by atoms with Gasteiger partial charge in [0.15, 0.2) is 5.78 Å². The van der Waals surface area contributed by atoms with Gasteiger partial charge in [0.25, 0.3) is 5.91 Å². The third-order valence-corrected chi connectivity index (χ3v) is 5.75. The van der Waals surface area contributed by atoms with E-state index in [1.54, 1.807) is 36.4 Å². The number of amides is 1. The van der Waals surface area contributed by atoms with Gasteiger partial charge in [-0.1, -0.05) is 42.3 Å². The first kappa shape index (κ1) is 21.1. The summed E-state index contributed by atoms with van der Waals surface area (Å²) >= 11 is 5.90. The summed E-state index contributed by atoms with van der Waals surface area (Å²) < 4.78 is 11.5. The van der Waals surface area contributed by atoms with Gasteiger partial charge in [-0.05, 0) is 49.1 Å². The van der Waals surface area contributed by atoms with Gasteiger partial charge in [-0.3, -0.25) is 9.59 Å². The van der Waals surface area contributed by atoms with Crippen molar-refractivity contribution < 1.29 is 19.1 Å². The molecule has 2 aromatic rings. The van der Waals surface area contributed by atoms with Gasteiger partial charge in [-0.15, -0.1) is 0 Å². The number of benzene rings is 2. The number of rotatable bonds is 6. The van der Waals surface area contributed by atoms with Gasteiger partial charge in [-0.2, -0.15) is 5.10 Å². The van der Waals surface area contributed by atoms with Gasteiger partial charge in [0.2, 0.25) is 0 Å². The molecule has 4 rings (SSSR count). The van der Waals surface area contributed by atoms with Crippen LogP contribution in [0, 0.1) is 5.92 Å². The number of nitrogens with zero attached hydrogens (tertiary/aromatic N) is 1. The number of fused-ring (bicyclic) bond motifs is 1. The molecule has 2 atom stereocenters. The average molecular weight is 439 g/mol. The summed E-state index contributed by atoms with van der Waals surface area (Å²) in [6.07, 6.45) is 6.62. The van der Waals surface area contributed by atoms with Crippen LogP contribution in [0.4, 0.5) is 0 Å². The Bertz CT molecular complexity index is 1020. The number of ether oxygens (including phenoxy) is 2. The lowest BCUT2D eigenvalue weighted by Crippen LogP contribution is -2.37. The second-order valence-electron chi connectivity index (χ2n) is 7.61. The van der Waals surface area contributed by atoms with E-state index in [0.717, 1.165) is 31.2 Å². The molecule has 1 aliphatic carbocycles. The Labute approximate surface area is 185 Å². The van der Waals surface area contributed by atoms with Crippen molar-refractivity contribution in [2.75, 3.05) is 0 Å². The standard InChI is InChI=1S/C24H23ClN2O4/c25-18-11-9-16(10-12-18)14-30-22-8-4-2-6-20(22)24(29)27-26-13-17-15-31-21-7-3-1-5-19(21)23(17)28/h2,4,6,8-13,15,19,21H,1,3,5,7,14H2,(H,27,29)/b26-13+. The number of hydrogen-bond donors (Lipinski definition) is 1. The second kappa shape index (κ2) is 9.79. The molecule has 2 aliphatic rings. The number of ketones is 1. The molecule has 160 valence electrons. The lowest BCUT2D eigenvalue weighted by atomic mass is 9.80. The summed E-state index contributed by atoms with van der Waals surface area (Å²) in [6, 6.07) is 14.2. The topological polar surface area (TPSA) is 77.0 Å². The number of hydrazone groups is 1. The first-order valence-electron chi connectivity index (χ1n) is 10.3. The van der Waals surface area contributed by atoms with E-state index < -0.39 is 5.91 Å². The van der Waals surface area contributed by atoms with Crippen LogP contribution in [0.15, 0.2) is 65.5 Å². The highest BCUT2D eigenvalue weighted by Crippen LogP contribution is 2.32. The summed E-state index contributed by atoms with van der Waals surface area (Å²) in [4.78, 5) is 25.2. The highest BCUT2D eigenvalue weighted by Gasteiger charge is 2.36. The highest BCUT2D eigenvalue weighted by molar-refractivity contribution is 6.30. The van der Waals surface area contributed by atoms with Crippen LogP contribution in [0.2, 0.25) is 5.02 Å². The quantitative estimate of drug-likeness (QED) is 0.525. The van der Waals surface area contributed by atoms with E-state index in [4.69, 9.17) is 21.1 Å². The molecule has 31 heavy (non-hydrogen) atoms. The lowest BCUT2D eigenvalue weighted by Gasteiger charge is -2.33. The number of Topliss-reactive ketones (excluding diaryl/α,β-unsaturated/α-hetero) is 1. The summed E-state index contributed by atoms with van der Waals surface area (Å²) in [5, 5.41) is 4.61. The number of allylic oxidation sites excluding steroid dienone is 1. The van der Waals surface area contributed by atoms with Crippen molar-refractivity contribution in [1.29, 1.82) is 0 Å². The highest BCUT2D eigenvalue weighted by atomic mass is 35.5. The predicted octanol–water partition coefficient (Wildman–Crippen LogP) is 4.68. The average Bonchev–Trinajstić information content (AvgIpc) is 2.80. The maximum Gasteiger partial charge on any atom is 0.275 e. The zero-order chi connectivity index (χ0) is 21.6. The maximum atomic E-state index is 12.6. The van der Waals surface area contributed by atoms with Gasteiger partial charge < -0.3 is 9.47 Å². The fourth-order valence-corrected chi connectivity index (χ4v) is 3.96. The molecule has 1 amide bonds. The molecule has 0 saturated heterocycles. The van der Waals surface area contributed by atoms with Crippen LogP contribution in [0.5, 0.6) is 5.75 Å². The van der Waals surface area contributed by atoms with E-state index in [1.807, 2.05) is 12.1 Å². The molecule has 0 bridgehead atoms. The van der Waals surface area contributed by atoms with E-state index >= 15 is 0 Å². The second-order valence-corrected chi connectivity index (χ2v) is 8.05. The van der Waals surface area contributed by atoms with Crippen molar-refractivity contribution in [3.63, 3.8) is 0 Å². The Balaban J connectivity index is 1.38. The van der Waals surface area contributed by atoms with Crippen LogP contribution >= 0.6 is 11.6 Å². The molecule has 6 nitrogen and oxygen atoms in total. The summed E-state index contributed by atoms with van der Waals surface area (Å²) in [5.74, 6) is -0.0756. The fraction of sp³-hybridized carbons (Fsp3) is 0.292. The van der Waals surface area contributed by atoms with Gasteiger partial charge in [0.05, 0.1) is 29.5 Å². The summed E-state index contributed by atoms with van der Waals surface area (Å²) in [6.45, 7) is 0.298. The molecule has 1 heterocycles. The SMILES string of the molecule is O=C(N/N=C/C1=COC2CCCCC2C1=O)c1ccccc1OCc1ccc(Cl)cc1. The van der Waals surface area contributed by atoms with Crippen molar-refractivity contribution in [3.05, 3.63) is 76.5 Å². The number of halogens is 1. The number of carbonyl (C=O) groups excluding carboxylic acids is 2. The molecular weight excluding hydrogens is 416 g/mol. The molecule has 1 fully saturated rings. The van der Waals surface area contributed by atoms with Crippen LogP contribution in [0.25, 0.3) is 0 Å². The fourth-order valence-electron chi connectivity index (χ4n) is 3.83. The van der Waals surface area contributed by atoms with Crippen LogP contribution < -0.4 is 10.2 Å². The van der Waals surface area contributed by atoms with Crippen molar-refractivity contribution in [2.45, 2.75) is 38.4 Å². The first-order chi connectivity index (χ1) is 15.1. The Morgan fingerprint density at radius 3 is 2.77 bits per heavy atom. The smallest absolute Gasteiger partial charge is 0.275 e. The molecule has 0 radical (unpaired) electrons. The van der Waals surface area contributed by atoms with E-state index in [9.17, 15) is 9.59 Å². The maximum absolute atomic E-state index is 12.6. The minimum Gasteiger partial charge on any atom is -0.496 e. The molecule has 1 saturated carbocycles. The Morgan fingerprint density at radius 2 is 1.94 bits per heavy atom. The molecule has 1 N–H and O–H groups in total. The third-order valence-electron chi connectivity index (χ3n) is 5.50. The third kappa shape index (κ3) is 5.14. The van der Waals surface area contributed by atoms with E-state index in [0.29, 0.717) is 28.5 Å². The Kier molecular flexibility index (Phi) is 6.67. The van der Waals surface area contributed by atoms with E-state index in [1.165, 1.54) is 12.5 Å². The molecule has 1 aliphatic heterocycles. The molecule has 2 aromatic carbocycles.